The molecule has 0 radical (unpaired) electrons. The van der Waals surface area contributed by atoms with Gasteiger partial charge in [0.05, 0.1) is 11.4 Å². The Balaban J connectivity index is 2.23. The number of nitrogens with two attached hydrogens (primary N) is 1. The molecule has 0 unspecified atom stereocenters. The van der Waals surface area contributed by atoms with E-state index in [9.17, 15) is 0 Å². The maximum absolute atomic E-state index is 6.22. The van der Waals surface area contributed by atoms with E-state index in [0.29, 0.717) is 0 Å². The quantitative estimate of drug-likeness (QED) is 0.823. The van der Waals surface area contributed by atoms with Gasteiger partial charge >= 0.3 is 0 Å². The minimum absolute atomic E-state index is 0.876. The monoisotopic (exact) mass is 236 g/mol. The number of rotatable bonds is 6. The first kappa shape index (κ1) is 12.3. The molecule has 0 atom stereocenters. The van der Waals surface area contributed by atoms with Gasteiger partial charge in [0, 0.05) is 20.1 Å². The van der Waals surface area contributed by atoms with Crippen LogP contribution in [0.15, 0.2) is 0 Å². The van der Waals surface area contributed by atoms with Crippen molar-refractivity contribution < 1.29 is 0 Å². The Hall–Kier alpha value is -1.19. The van der Waals surface area contributed by atoms with Crippen molar-refractivity contribution in [3.05, 3.63) is 5.69 Å². The minimum atomic E-state index is 0.876. The van der Waals surface area contributed by atoms with Gasteiger partial charge in [0.1, 0.15) is 5.82 Å². The van der Waals surface area contributed by atoms with Crippen molar-refractivity contribution in [1.29, 1.82) is 0 Å². The highest BCUT2D eigenvalue weighted by Gasteiger charge is 2.27. The zero-order valence-electron chi connectivity index (χ0n) is 11.2. The van der Waals surface area contributed by atoms with Crippen molar-refractivity contribution in [2.75, 3.05) is 23.7 Å². The molecule has 1 aromatic heterocycles. The molecule has 2 rings (SSSR count). The Bertz CT molecular complexity index is 379. The van der Waals surface area contributed by atoms with Gasteiger partial charge in [-0.1, -0.05) is 13.8 Å². The fourth-order valence-electron chi connectivity index (χ4n) is 2.39. The van der Waals surface area contributed by atoms with Gasteiger partial charge in [-0.2, -0.15) is 5.10 Å². The van der Waals surface area contributed by atoms with Crippen LogP contribution in [0.1, 0.15) is 38.8 Å². The first-order valence-corrected chi connectivity index (χ1v) is 6.73. The number of aryl methyl sites for hydroxylation is 2. The number of anilines is 2. The van der Waals surface area contributed by atoms with Gasteiger partial charge in [-0.25, -0.2) is 0 Å². The molecule has 0 spiro atoms. The summed E-state index contributed by atoms with van der Waals surface area (Å²) in [5.41, 5.74) is 8.12. The summed E-state index contributed by atoms with van der Waals surface area (Å²) in [6.45, 7) is 6.53. The van der Waals surface area contributed by atoms with Crippen molar-refractivity contribution in [2.24, 2.45) is 13.0 Å². The molecule has 1 saturated carbocycles. The molecule has 1 aliphatic rings. The third-order valence-corrected chi connectivity index (χ3v) is 3.43. The Labute approximate surface area is 104 Å². The molecule has 1 heterocycles. The van der Waals surface area contributed by atoms with Crippen LogP contribution >= 0.6 is 0 Å². The molecule has 17 heavy (non-hydrogen) atoms. The van der Waals surface area contributed by atoms with E-state index >= 15 is 0 Å². The second-order valence-electron chi connectivity index (χ2n) is 5.05. The van der Waals surface area contributed by atoms with Gasteiger partial charge in [0.15, 0.2) is 0 Å². The summed E-state index contributed by atoms with van der Waals surface area (Å²) < 4.78 is 1.95. The third-order valence-electron chi connectivity index (χ3n) is 3.43. The molecular formula is C13H24N4. The molecule has 0 bridgehead atoms. The van der Waals surface area contributed by atoms with E-state index in [4.69, 9.17) is 5.73 Å². The lowest BCUT2D eigenvalue weighted by molar-refractivity contribution is 0.657. The summed E-state index contributed by atoms with van der Waals surface area (Å²) in [7, 11) is 2.00. The molecule has 96 valence electrons. The van der Waals surface area contributed by atoms with Crippen molar-refractivity contribution in [3.8, 4) is 0 Å². The molecule has 0 saturated heterocycles. The molecule has 0 amide bonds. The highest BCUT2D eigenvalue weighted by molar-refractivity contribution is 5.66. The second-order valence-corrected chi connectivity index (χ2v) is 5.05. The highest BCUT2D eigenvalue weighted by Crippen LogP contribution is 2.34. The van der Waals surface area contributed by atoms with E-state index in [1.807, 2.05) is 11.7 Å². The SMILES string of the molecule is CCCN(CC1CC1)c1c(N)c(CC)nn1C. The summed E-state index contributed by atoms with van der Waals surface area (Å²) >= 11 is 0. The molecule has 1 aliphatic carbocycles. The van der Waals surface area contributed by atoms with Crippen LogP contribution < -0.4 is 10.6 Å². The van der Waals surface area contributed by atoms with Crippen molar-refractivity contribution in [2.45, 2.75) is 39.5 Å². The Morgan fingerprint density at radius 2 is 2.12 bits per heavy atom. The van der Waals surface area contributed by atoms with Crippen molar-refractivity contribution >= 4 is 11.5 Å². The number of hydrogen-bond donors (Lipinski definition) is 1. The lowest BCUT2D eigenvalue weighted by Gasteiger charge is -2.24. The van der Waals surface area contributed by atoms with Crippen LogP contribution in [0.5, 0.6) is 0 Å². The van der Waals surface area contributed by atoms with Crippen molar-refractivity contribution in [3.63, 3.8) is 0 Å². The average molecular weight is 236 g/mol. The van der Waals surface area contributed by atoms with Crippen LogP contribution in [-0.2, 0) is 13.5 Å². The largest absolute Gasteiger partial charge is 0.394 e. The minimum Gasteiger partial charge on any atom is -0.394 e. The van der Waals surface area contributed by atoms with E-state index in [2.05, 4.69) is 23.8 Å². The molecule has 1 aromatic rings. The summed E-state index contributed by atoms with van der Waals surface area (Å²) in [4.78, 5) is 2.42. The van der Waals surface area contributed by atoms with E-state index < -0.39 is 0 Å². The molecule has 1 fully saturated rings. The van der Waals surface area contributed by atoms with Gasteiger partial charge in [-0.05, 0) is 31.6 Å². The third kappa shape index (κ3) is 2.56. The maximum atomic E-state index is 6.22. The summed E-state index contributed by atoms with van der Waals surface area (Å²) in [6.07, 6.45) is 4.80. The fraction of sp³-hybridized carbons (Fsp3) is 0.769. The maximum Gasteiger partial charge on any atom is 0.150 e. The molecular weight excluding hydrogens is 212 g/mol. The number of nitrogen functional groups attached to an aromatic ring is 1. The smallest absolute Gasteiger partial charge is 0.150 e. The molecule has 0 aromatic carbocycles. The van der Waals surface area contributed by atoms with Crippen LogP contribution in [0.25, 0.3) is 0 Å². The van der Waals surface area contributed by atoms with E-state index in [0.717, 1.165) is 49.0 Å². The second kappa shape index (κ2) is 4.98. The van der Waals surface area contributed by atoms with Gasteiger partial charge in [0.2, 0.25) is 0 Å². The highest BCUT2D eigenvalue weighted by atomic mass is 15.4. The average Bonchev–Trinajstić information content (AvgIpc) is 3.05. The first-order valence-electron chi connectivity index (χ1n) is 6.73. The van der Waals surface area contributed by atoms with E-state index in [1.165, 1.54) is 12.8 Å². The molecule has 4 nitrogen and oxygen atoms in total. The normalized spacial score (nSPS) is 15.2. The molecule has 2 N–H and O–H groups in total. The fourth-order valence-corrected chi connectivity index (χ4v) is 2.39. The standard InChI is InChI=1S/C13H24N4/c1-4-8-17(9-10-6-7-10)13-12(14)11(5-2)15-16(13)3/h10H,4-9,14H2,1-3H3. The van der Waals surface area contributed by atoms with Gasteiger partial charge in [0.25, 0.3) is 0 Å². The van der Waals surface area contributed by atoms with Crippen LogP contribution in [-0.4, -0.2) is 22.9 Å². The van der Waals surface area contributed by atoms with Gasteiger partial charge in [-0.15, -0.1) is 0 Å². The van der Waals surface area contributed by atoms with Gasteiger partial charge < -0.3 is 10.6 Å². The molecule has 4 heteroatoms. The number of hydrogen-bond acceptors (Lipinski definition) is 3. The topological polar surface area (TPSA) is 47.1 Å². The zero-order valence-corrected chi connectivity index (χ0v) is 11.2. The number of nitrogens with zero attached hydrogens (tertiary/aromatic N) is 3. The lowest BCUT2D eigenvalue weighted by atomic mass is 10.2. The Morgan fingerprint density at radius 1 is 1.41 bits per heavy atom. The van der Waals surface area contributed by atoms with Crippen molar-refractivity contribution in [1.82, 2.24) is 9.78 Å². The van der Waals surface area contributed by atoms with Crippen LogP contribution in [0, 0.1) is 5.92 Å². The first-order chi connectivity index (χ1) is 8.17. The number of aromatic nitrogens is 2. The van der Waals surface area contributed by atoms with Crippen LogP contribution in [0.2, 0.25) is 0 Å². The molecule has 0 aliphatic heterocycles. The van der Waals surface area contributed by atoms with Gasteiger partial charge in [-0.3, -0.25) is 4.68 Å². The van der Waals surface area contributed by atoms with Crippen LogP contribution in [0.3, 0.4) is 0 Å². The lowest BCUT2D eigenvalue weighted by Crippen LogP contribution is -2.29. The predicted molar refractivity (Wildman–Crippen MR) is 72.2 cm³/mol. The zero-order chi connectivity index (χ0) is 12.4. The van der Waals surface area contributed by atoms with E-state index in [-0.39, 0.29) is 0 Å². The summed E-state index contributed by atoms with van der Waals surface area (Å²) in [6, 6.07) is 0. The Kier molecular flexibility index (Phi) is 3.60. The Morgan fingerprint density at radius 3 is 2.59 bits per heavy atom. The predicted octanol–water partition coefficient (Wildman–Crippen LogP) is 2.19. The summed E-state index contributed by atoms with van der Waals surface area (Å²) in [5.74, 6) is 2.00. The summed E-state index contributed by atoms with van der Waals surface area (Å²) in [5, 5.41) is 4.51. The van der Waals surface area contributed by atoms with E-state index in [1.54, 1.807) is 0 Å². The van der Waals surface area contributed by atoms with Crippen LogP contribution in [0.4, 0.5) is 11.5 Å².